The number of fused-ring (bicyclic) bond motifs is 1. The zero-order chi connectivity index (χ0) is 32.7. The van der Waals surface area contributed by atoms with Crippen LogP contribution in [0.25, 0.3) is 0 Å². The lowest BCUT2D eigenvalue weighted by molar-refractivity contribution is -0.140. The number of rotatable bonds is 8. The molecule has 1 atom stereocenters. The Morgan fingerprint density at radius 3 is 1.65 bits per heavy atom. The minimum absolute atomic E-state index is 0.00935. The van der Waals surface area contributed by atoms with Crippen molar-refractivity contribution in [3.63, 3.8) is 0 Å². The molecule has 0 amide bonds. The van der Waals surface area contributed by atoms with E-state index in [-0.39, 0.29) is 6.29 Å². The van der Waals surface area contributed by atoms with Crippen LogP contribution in [-0.4, -0.2) is 20.5 Å². The molecule has 0 heterocycles. The molecule has 1 saturated carbocycles. The Balaban J connectivity index is 0.000000609. The molecule has 1 fully saturated rings. The van der Waals surface area contributed by atoms with Gasteiger partial charge in [-0.2, -0.15) is 0 Å². The Bertz CT molecular complexity index is 885. The Morgan fingerprint density at radius 2 is 1.23 bits per heavy atom. The summed E-state index contributed by atoms with van der Waals surface area (Å²) in [5.74, 6) is 2.52. The highest BCUT2D eigenvalue weighted by atomic mass is 16.7. The van der Waals surface area contributed by atoms with Crippen molar-refractivity contribution in [2.75, 3.05) is 14.2 Å². The van der Waals surface area contributed by atoms with Crippen LogP contribution >= 0.6 is 0 Å². The number of hydrogen-bond acceptors (Lipinski definition) is 2. The van der Waals surface area contributed by atoms with Gasteiger partial charge in [-0.1, -0.05) is 166 Å². The summed E-state index contributed by atoms with van der Waals surface area (Å²) in [7, 11) is 3.43. The van der Waals surface area contributed by atoms with Gasteiger partial charge in [-0.15, -0.1) is 0 Å². The van der Waals surface area contributed by atoms with E-state index >= 15 is 0 Å². The fourth-order valence-corrected chi connectivity index (χ4v) is 6.55. The summed E-state index contributed by atoms with van der Waals surface area (Å²) >= 11 is 0. The minimum Gasteiger partial charge on any atom is -0.356 e. The van der Waals surface area contributed by atoms with Gasteiger partial charge in [0, 0.05) is 20.1 Å². The summed E-state index contributed by atoms with van der Waals surface area (Å²) in [5, 5.41) is 0. The third-order valence-corrected chi connectivity index (χ3v) is 8.42. The quantitative estimate of drug-likeness (QED) is 0.282. The van der Waals surface area contributed by atoms with Crippen LogP contribution in [0.4, 0.5) is 0 Å². The second-order valence-corrected chi connectivity index (χ2v) is 13.5. The number of methoxy groups -OCH3 is 2. The summed E-state index contributed by atoms with van der Waals surface area (Å²) < 4.78 is 10.5. The molecule has 2 aliphatic carbocycles. The molecule has 2 aliphatic rings. The fourth-order valence-electron chi connectivity index (χ4n) is 6.55. The van der Waals surface area contributed by atoms with Gasteiger partial charge in [0.15, 0.2) is 6.29 Å². The monoisotopic (exact) mass is 597 g/mol. The Labute approximate surface area is 269 Å². The number of aryl methyl sites for hydroxylation is 2. The lowest BCUT2D eigenvalue weighted by atomic mass is 9.65. The molecule has 0 unspecified atom stereocenters. The molecule has 0 spiro atoms. The summed E-state index contributed by atoms with van der Waals surface area (Å²) in [5.41, 5.74) is 6.38. The van der Waals surface area contributed by atoms with Crippen molar-refractivity contribution in [2.24, 2.45) is 17.8 Å². The Hall–Kier alpha value is -1.64. The largest absolute Gasteiger partial charge is 0.356 e. The third kappa shape index (κ3) is 16.9. The Morgan fingerprint density at radius 1 is 0.721 bits per heavy atom. The molecule has 2 aromatic rings. The lowest BCUT2D eigenvalue weighted by Gasteiger charge is -2.40. The molecular weight excluding hydrogens is 524 g/mol. The fraction of sp³-hybridized carbons (Fsp3) is 0.707. The van der Waals surface area contributed by atoms with Crippen molar-refractivity contribution in [2.45, 2.75) is 158 Å². The van der Waals surface area contributed by atoms with Crippen LogP contribution in [0, 0.1) is 31.6 Å². The van der Waals surface area contributed by atoms with Gasteiger partial charge in [0.1, 0.15) is 0 Å². The van der Waals surface area contributed by atoms with Gasteiger partial charge in [0.2, 0.25) is 0 Å². The van der Waals surface area contributed by atoms with E-state index in [1.807, 2.05) is 18.2 Å². The number of benzene rings is 2. The van der Waals surface area contributed by atoms with E-state index in [1.165, 1.54) is 88.2 Å². The number of hydrogen-bond donors (Lipinski definition) is 0. The maximum absolute atomic E-state index is 5.24. The van der Waals surface area contributed by atoms with Crippen LogP contribution < -0.4 is 0 Å². The van der Waals surface area contributed by atoms with E-state index in [4.69, 9.17) is 9.47 Å². The normalized spacial score (nSPS) is 16.8. The van der Waals surface area contributed by atoms with Gasteiger partial charge in [0.25, 0.3) is 0 Å². The third-order valence-electron chi connectivity index (χ3n) is 8.42. The molecular formula is C41H72O2. The zero-order valence-corrected chi connectivity index (χ0v) is 30.7. The maximum Gasteiger partial charge on any atom is 0.159 e. The van der Waals surface area contributed by atoms with Crippen LogP contribution in [0.1, 0.15) is 148 Å². The van der Waals surface area contributed by atoms with Crippen molar-refractivity contribution in [3.8, 4) is 0 Å². The van der Waals surface area contributed by atoms with Crippen molar-refractivity contribution in [3.05, 3.63) is 70.8 Å². The van der Waals surface area contributed by atoms with Crippen LogP contribution in [0.3, 0.4) is 0 Å². The predicted octanol–water partition coefficient (Wildman–Crippen LogP) is 12.7. The van der Waals surface area contributed by atoms with Crippen LogP contribution in [0.2, 0.25) is 0 Å². The van der Waals surface area contributed by atoms with E-state index in [0.29, 0.717) is 11.3 Å². The lowest BCUT2D eigenvalue weighted by Crippen LogP contribution is -2.32. The molecule has 2 nitrogen and oxygen atoms in total. The van der Waals surface area contributed by atoms with E-state index in [2.05, 4.69) is 99.6 Å². The number of ether oxygens (including phenoxy) is 2. The topological polar surface area (TPSA) is 18.5 Å². The molecule has 0 aromatic heterocycles. The Kier molecular flexibility index (Phi) is 23.7. The average molecular weight is 597 g/mol. The van der Waals surface area contributed by atoms with Gasteiger partial charge in [0.05, 0.1) is 0 Å². The van der Waals surface area contributed by atoms with E-state index in [9.17, 15) is 0 Å². The van der Waals surface area contributed by atoms with Gasteiger partial charge in [-0.05, 0) is 67.9 Å². The molecule has 0 N–H and O–H groups in total. The molecule has 0 bridgehead atoms. The molecule has 2 heteroatoms. The van der Waals surface area contributed by atoms with Crippen molar-refractivity contribution in [1.82, 2.24) is 0 Å². The SMILES string of the molecule is CCC.CCC.CCCC(CCC)C(OC)OC.Cc1ccc2c(c1)C(C)(C)C[C@@H](C1CCCC1)C2.Cc1ccccc1. The molecule has 0 aliphatic heterocycles. The first-order chi connectivity index (χ1) is 20.6. The molecule has 2 aromatic carbocycles. The highest BCUT2D eigenvalue weighted by molar-refractivity contribution is 5.39. The first kappa shape index (κ1) is 41.4. The van der Waals surface area contributed by atoms with Crippen LogP contribution in [-0.2, 0) is 21.3 Å². The minimum atomic E-state index is -0.00935. The maximum atomic E-state index is 5.24. The molecule has 0 saturated heterocycles. The van der Waals surface area contributed by atoms with Gasteiger partial charge >= 0.3 is 0 Å². The standard InChI is InChI=1S/C18H26.C10H22O2.C7H8.2C3H8/c1-13-8-9-15-11-16(14-6-4-5-7-14)12-18(2,3)17(15)10-13;1-5-7-9(8-6-2)10(11-3)12-4;1-7-5-3-2-4-6-7;2*1-3-2/h8-10,14,16H,4-7,11-12H2,1-3H3;9-10H,5-8H2,1-4H3;2-6H,1H3;2*3H2,1-2H3/t16-;;;;/m0..../s1. The van der Waals surface area contributed by atoms with Crippen molar-refractivity contribution in [1.29, 1.82) is 0 Å². The summed E-state index contributed by atoms with van der Waals surface area (Å²) in [6.45, 7) is 22.1. The molecule has 4 rings (SSSR count). The molecule has 0 radical (unpaired) electrons. The smallest absolute Gasteiger partial charge is 0.159 e. The van der Waals surface area contributed by atoms with Crippen LogP contribution in [0.15, 0.2) is 48.5 Å². The first-order valence-corrected chi connectivity index (χ1v) is 17.8. The van der Waals surface area contributed by atoms with Crippen molar-refractivity contribution >= 4 is 0 Å². The van der Waals surface area contributed by atoms with Crippen LogP contribution in [0.5, 0.6) is 0 Å². The molecule has 43 heavy (non-hydrogen) atoms. The summed E-state index contributed by atoms with van der Waals surface area (Å²) in [6, 6.07) is 17.4. The van der Waals surface area contributed by atoms with Crippen molar-refractivity contribution < 1.29 is 9.47 Å². The van der Waals surface area contributed by atoms with Gasteiger partial charge in [-0.25, -0.2) is 0 Å². The second kappa shape index (κ2) is 24.7. The average Bonchev–Trinajstić information content (AvgIpc) is 3.52. The summed E-state index contributed by atoms with van der Waals surface area (Å²) in [6.07, 6.45) is 15.9. The second-order valence-electron chi connectivity index (χ2n) is 13.5. The summed E-state index contributed by atoms with van der Waals surface area (Å²) in [4.78, 5) is 0. The van der Waals surface area contributed by atoms with E-state index in [1.54, 1.807) is 25.3 Å². The predicted molar refractivity (Wildman–Crippen MR) is 192 cm³/mol. The molecule has 248 valence electrons. The highest BCUT2D eigenvalue weighted by Crippen LogP contribution is 2.46. The van der Waals surface area contributed by atoms with E-state index < -0.39 is 0 Å². The van der Waals surface area contributed by atoms with E-state index in [0.717, 1.165) is 11.8 Å². The highest BCUT2D eigenvalue weighted by Gasteiger charge is 2.37. The zero-order valence-electron chi connectivity index (χ0n) is 30.7. The first-order valence-electron chi connectivity index (χ1n) is 17.8. The van der Waals surface area contributed by atoms with Gasteiger partial charge < -0.3 is 9.47 Å². The van der Waals surface area contributed by atoms with Gasteiger partial charge in [-0.3, -0.25) is 0 Å².